The minimum Gasteiger partial charge on any atom is -0.497 e. The Kier molecular flexibility index (Phi) is 7.04. The first-order valence-electron chi connectivity index (χ1n) is 9.96. The lowest BCUT2D eigenvalue weighted by molar-refractivity contribution is 0.0492. The zero-order chi connectivity index (χ0) is 20.1. The molecule has 0 amide bonds. The number of aliphatic hydroxyl groups excluding tert-OH is 1. The van der Waals surface area contributed by atoms with E-state index in [1.165, 1.54) is 24.4 Å². The Balaban J connectivity index is 1.66. The highest BCUT2D eigenvalue weighted by molar-refractivity contribution is 5.29. The van der Waals surface area contributed by atoms with Crippen molar-refractivity contribution in [1.29, 1.82) is 0 Å². The predicted octanol–water partition coefficient (Wildman–Crippen LogP) is 2.43. The number of hydrogen-bond donors (Lipinski definition) is 1. The topological polar surface area (TPSA) is 53.8 Å². The van der Waals surface area contributed by atoms with E-state index >= 15 is 0 Å². The minimum absolute atomic E-state index is 0.132. The first-order chi connectivity index (χ1) is 13.5. The molecule has 0 aliphatic carbocycles. The maximum Gasteiger partial charge on any atom is 0.131 e. The molecule has 1 aliphatic rings. The Morgan fingerprint density at radius 2 is 2.07 bits per heavy atom. The van der Waals surface area contributed by atoms with Crippen molar-refractivity contribution in [3.05, 3.63) is 47.0 Å². The summed E-state index contributed by atoms with van der Waals surface area (Å²) in [6.45, 7) is 9.23. The Morgan fingerprint density at radius 1 is 1.25 bits per heavy atom. The summed E-state index contributed by atoms with van der Waals surface area (Å²) in [4.78, 5) is 4.69. The van der Waals surface area contributed by atoms with Gasteiger partial charge in [0, 0.05) is 74.8 Å². The summed E-state index contributed by atoms with van der Waals surface area (Å²) in [5.74, 6) is 0.285. The summed E-state index contributed by atoms with van der Waals surface area (Å²) in [5, 5.41) is 14.0. The van der Waals surface area contributed by atoms with Gasteiger partial charge in [0.1, 0.15) is 11.6 Å². The quantitative estimate of drug-likeness (QED) is 0.750. The summed E-state index contributed by atoms with van der Waals surface area (Å²) in [6.07, 6.45) is 2.64. The largest absolute Gasteiger partial charge is 0.497 e. The molecule has 1 aliphatic heterocycles. The average Bonchev–Trinajstić information content (AvgIpc) is 3.05. The van der Waals surface area contributed by atoms with Crippen LogP contribution in [-0.2, 0) is 19.6 Å². The van der Waals surface area contributed by atoms with E-state index in [-0.39, 0.29) is 18.5 Å². The van der Waals surface area contributed by atoms with Gasteiger partial charge in [-0.2, -0.15) is 5.10 Å². The molecule has 1 N–H and O–H groups in total. The molecule has 0 bridgehead atoms. The molecule has 7 heteroatoms. The van der Waals surface area contributed by atoms with Crippen molar-refractivity contribution in [2.24, 2.45) is 0 Å². The normalized spacial score (nSPS) is 18.5. The number of piperazine rings is 1. The van der Waals surface area contributed by atoms with Crippen molar-refractivity contribution in [2.75, 3.05) is 33.4 Å². The predicted molar refractivity (Wildman–Crippen MR) is 107 cm³/mol. The highest BCUT2D eigenvalue weighted by Gasteiger charge is 2.28. The summed E-state index contributed by atoms with van der Waals surface area (Å²) < 4.78 is 21.5. The smallest absolute Gasteiger partial charge is 0.131 e. The van der Waals surface area contributed by atoms with E-state index < -0.39 is 0 Å². The van der Waals surface area contributed by atoms with Crippen molar-refractivity contribution >= 4 is 0 Å². The standard InChI is InChI=1S/C21H31FN4O2/c1-4-26-16(2)18(12-23-26)13-24-8-9-25(19(15-24)7-10-27)14-17-5-6-20(28-3)11-21(17)22/h5-6,11-12,19,27H,4,7-10,13-15H2,1-3H3/t19-/m1/s1. The van der Waals surface area contributed by atoms with Crippen LogP contribution in [0.1, 0.15) is 30.2 Å². The molecule has 3 rings (SSSR count). The van der Waals surface area contributed by atoms with E-state index in [4.69, 9.17) is 4.74 Å². The van der Waals surface area contributed by atoms with Crippen LogP contribution in [0.2, 0.25) is 0 Å². The molecule has 0 unspecified atom stereocenters. The second-order valence-corrected chi connectivity index (χ2v) is 7.40. The molecule has 154 valence electrons. The zero-order valence-electron chi connectivity index (χ0n) is 17.1. The van der Waals surface area contributed by atoms with Gasteiger partial charge >= 0.3 is 0 Å². The summed E-state index contributed by atoms with van der Waals surface area (Å²) in [6, 6.07) is 5.21. The third-order valence-corrected chi connectivity index (χ3v) is 5.68. The molecule has 1 aromatic carbocycles. The van der Waals surface area contributed by atoms with Gasteiger partial charge in [0.15, 0.2) is 0 Å². The van der Waals surface area contributed by atoms with E-state index in [1.54, 1.807) is 12.1 Å². The van der Waals surface area contributed by atoms with Crippen molar-refractivity contribution in [3.63, 3.8) is 0 Å². The van der Waals surface area contributed by atoms with Crippen LogP contribution in [0, 0.1) is 12.7 Å². The minimum atomic E-state index is -0.243. The molecule has 1 aromatic heterocycles. The van der Waals surface area contributed by atoms with Gasteiger partial charge in [-0.1, -0.05) is 6.07 Å². The number of aromatic nitrogens is 2. The SMILES string of the molecule is CCn1ncc(CN2CCN(Cc3ccc(OC)cc3F)[C@H](CCO)C2)c1C. The van der Waals surface area contributed by atoms with Crippen LogP contribution in [0.25, 0.3) is 0 Å². The second kappa shape index (κ2) is 9.49. The Bertz CT molecular complexity index is 780. The fraction of sp³-hybridized carbons (Fsp3) is 0.571. The van der Waals surface area contributed by atoms with E-state index in [2.05, 4.69) is 28.7 Å². The van der Waals surface area contributed by atoms with Gasteiger partial charge in [-0.15, -0.1) is 0 Å². The lowest BCUT2D eigenvalue weighted by Crippen LogP contribution is -2.52. The van der Waals surface area contributed by atoms with Crippen LogP contribution in [0.15, 0.2) is 24.4 Å². The van der Waals surface area contributed by atoms with Crippen LogP contribution >= 0.6 is 0 Å². The molecule has 2 heterocycles. The van der Waals surface area contributed by atoms with Gasteiger partial charge in [-0.3, -0.25) is 14.5 Å². The third-order valence-electron chi connectivity index (χ3n) is 5.68. The second-order valence-electron chi connectivity index (χ2n) is 7.40. The number of aliphatic hydroxyl groups is 1. The first kappa shape index (κ1) is 20.8. The van der Waals surface area contributed by atoms with E-state index in [1.807, 2.05) is 10.9 Å². The molecule has 1 atom stereocenters. The number of ether oxygens (including phenoxy) is 1. The van der Waals surface area contributed by atoms with Crippen molar-refractivity contribution in [3.8, 4) is 5.75 Å². The molecule has 0 radical (unpaired) electrons. The highest BCUT2D eigenvalue weighted by Crippen LogP contribution is 2.22. The number of aryl methyl sites for hydroxylation is 1. The lowest BCUT2D eigenvalue weighted by Gasteiger charge is -2.41. The van der Waals surface area contributed by atoms with Gasteiger partial charge in [-0.05, 0) is 26.3 Å². The molecule has 28 heavy (non-hydrogen) atoms. The Labute approximate surface area is 166 Å². The molecule has 0 spiro atoms. The van der Waals surface area contributed by atoms with Crippen LogP contribution in [-0.4, -0.2) is 64.1 Å². The van der Waals surface area contributed by atoms with Gasteiger partial charge in [0.2, 0.25) is 0 Å². The van der Waals surface area contributed by atoms with Crippen molar-refractivity contribution in [1.82, 2.24) is 19.6 Å². The number of hydrogen-bond acceptors (Lipinski definition) is 5. The van der Waals surface area contributed by atoms with Crippen LogP contribution in [0.5, 0.6) is 5.75 Å². The molecule has 1 fully saturated rings. The monoisotopic (exact) mass is 390 g/mol. The van der Waals surface area contributed by atoms with Crippen molar-refractivity contribution in [2.45, 2.75) is 45.9 Å². The molecular weight excluding hydrogens is 359 g/mol. The Morgan fingerprint density at radius 3 is 2.71 bits per heavy atom. The molecule has 6 nitrogen and oxygen atoms in total. The van der Waals surface area contributed by atoms with Crippen LogP contribution in [0.3, 0.4) is 0 Å². The zero-order valence-corrected chi connectivity index (χ0v) is 17.1. The molecular formula is C21H31FN4O2. The van der Waals surface area contributed by atoms with Crippen LogP contribution < -0.4 is 4.74 Å². The Hall–Kier alpha value is -1.96. The van der Waals surface area contributed by atoms with Gasteiger partial charge in [0.05, 0.1) is 13.3 Å². The molecule has 0 saturated carbocycles. The maximum absolute atomic E-state index is 14.4. The van der Waals surface area contributed by atoms with Crippen molar-refractivity contribution < 1.29 is 14.2 Å². The summed E-state index contributed by atoms with van der Waals surface area (Å²) in [7, 11) is 1.54. The highest BCUT2D eigenvalue weighted by atomic mass is 19.1. The van der Waals surface area contributed by atoms with Gasteiger partial charge < -0.3 is 9.84 Å². The van der Waals surface area contributed by atoms with Gasteiger partial charge in [0.25, 0.3) is 0 Å². The number of methoxy groups -OCH3 is 1. The molecule has 1 saturated heterocycles. The number of nitrogens with zero attached hydrogens (tertiary/aromatic N) is 4. The first-order valence-corrected chi connectivity index (χ1v) is 9.96. The fourth-order valence-electron chi connectivity index (χ4n) is 3.93. The number of rotatable bonds is 8. The third kappa shape index (κ3) is 4.71. The van der Waals surface area contributed by atoms with E-state index in [0.717, 1.165) is 32.7 Å². The van der Waals surface area contributed by atoms with Gasteiger partial charge in [-0.25, -0.2) is 4.39 Å². The summed E-state index contributed by atoms with van der Waals surface area (Å²) >= 11 is 0. The van der Waals surface area contributed by atoms with E-state index in [9.17, 15) is 9.50 Å². The maximum atomic E-state index is 14.4. The number of halogens is 1. The number of benzene rings is 1. The lowest BCUT2D eigenvalue weighted by atomic mass is 10.1. The summed E-state index contributed by atoms with van der Waals surface area (Å²) in [5.41, 5.74) is 3.13. The average molecular weight is 391 g/mol. The fourth-order valence-corrected chi connectivity index (χ4v) is 3.93. The van der Waals surface area contributed by atoms with E-state index in [0.29, 0.717) is 24.3 Å². The van der Waals surface area contributed by atoms with Crippen LogP contribution in [0.4, 0.5) is 4.39 Å². The molecule has 2 aromatic rings.